The maximum Gasteiger partial charge on any atom is 0.407 e. The molecule has 5 nitrogen and oxygen atoms in total. The summed E-state index contributed by atoms with van der Waals surface area (Å²) >= 11 is 0. The van der Waals surface area contributed by atoms with Crippen LogP contribution in [0.5, 0.6) is 0 Å². The van der Waals surface area contributed by atoms with E-state index < -0.39 is 11.7 Å². The van der Waals surface area contributed by atoms with Crippen molar-refractivity contribution in [1.29, 1.82) is 5.26 Å². The fourth-order valence-corrected chi connectivity index (χ4v) is 1.32. The molecule has 0 saturated carbocycles. The van der Waals surface area contributed by atoms with Crippen molar-refractivity contribution in [3.8, 4) is 6.07 Å². The van der Waals surface area contributed by atoms with Gasteiger partial charge < -0.3 is 14.6 Å². The minimum Gasteiger partial charge on any atom is -0.444 e. The Morgan fingerprint density at radius 3 is 2.65 bits per heavy atom. The summed E-state index contributed by atoms with van der Waals surface area (Å²) in [7, 11) is 1.78. The molecule has 0 fully saturated rings. The molecule has 0 saturated heterocycles. The maximum absolute atomic E-state index is 11.4. The molecule has 0 aromatic carbocycles. The highest BCUT2D eigenvalue weighted by Crippen LogP contribution is 2.08. The third kappa shape index (κ3) is 3.83. The molecular weight excluding hydrogens is 218 g/mol. The fourth-order valence-electron chi connectivity index (χ4n) is 1.32. The number of alkyl carbamates (subject to hydrolysis) is 1. The molecule has 0 bridgehead atoms. The molecule has 0 spiro atoms. The van der Waals surface area contributed by atoms with Gasteiger partial charge in [-0.25, -0.2) is 4.79 Å². The standard InChI is InChI=1S/C12H17N3O2/c1-12(2,3)17-11(16)14-8-10-6-5-9(7-13)15(10)4/h5-6H,8H2,1-4H3,(H,14,16). The summed E-state index contributed by atoms with van der Waals surface area (Å²) in [5.74, 6) is 0. The Morgan fingerprint density at radius 1 is 1.53 bits per heavy atom. The number of nitrogens with one attached hydrogen (secondary N) is 1. The van der Waals surface area contributed by atoms with Crippen molar-refractivity contribution in [3.63, 3.8) is 0 Å². The van der Waals surface area contributed by atoms with Gasteiger partial charge in [0.15, 0.2) is 0 Å². The summed E-state index contributed by atoms with van der Waals surface area (Å²) in [5, 5.41) is 11.4. The number of nitrogens with zero attached hydrogens (tertiary/aromatic N) is 2. The van der Waals surface area contributed by atoms with Gasteiger partial charge in [-0.15, -0.1) is 0 Å². The van der Waals surface area contributed by atoms with E-state index in [4.69, 9.17) is 10.00 Å². The lowest BCUT2D eigenvalue weighted by Gasteiger charge is -2.19. The lowest BCUT2D eigenvalue weighted by atomic mass is 10.2. The minimum atomic E-state index is -0.504. The Labute approximate surface area is 101 Å². The smallest absolute Gasteiger partial charge is 0.407 e. The monoisotopic (exact) mass is 235 g/mol. The number of carbonyl (C=O) groups is 1. The van der Waals surface area contributed by atoms with E-state index in [-0.39, 0.29) is 0 Å². The van der Waals surface area contributed by atoms with Gasteiger partial charge in [0.05, 0.1) is 6.54 Å². The Balaban J connectivity index is 2.54. The van der Waals surface area contributed by atoms with Gasteiger partial charge in [0.1, 0.15) is 17.4 Å². The molecule has 17 heavy (non-hydrogen) atoms. The van der Waals surface area contributed by atoms with Crippen molar-refractivity contribution in [1.82, 2.24) is 9.88 Å². The first kappa shape index (κ1) is 13.1. The number of aromatic nitrogens is 1. The Hall–Kier alpha value is -1.96. The van der Waals surface area contributed by atoms with E-state index in [2.05, 4.69) is 11.4 Å². The number of hydrogen-bond donors (Lipinski definition) is 1. The first-order valence-electron chi connectivity index (χ1n) is 5.35. The molecule has 1 aromatic rings. The summed E-state index contributed by atoms with van der Waals surface area (Å²) in [6, 6.07) is 5.58. The zero-order valence-corrected chi connectivity index (χ0v) is 10.6. The largest absolute Gasteiger partial charge is 0.444 e. The van der Waals surface area contributed by atoms with Crippen LogP contribution >= 0.6 is 0 Å². The summed E-state index contributed by atoms with van der Waals surface area (Å²) in [5.41, 5.74) is 0.911. The minimum absolute atomic E-state index is 0.340. The van der Waals surface area contributed by atoms with Gasteiger partial charge in [0.2, 0.25) is 0 Å². The number of rotatable bonds is 2. The molecule has 0 aliphatic rings. The van der Waals surface area contributed by atoms with Crippen molar-refractivity contribution >= 4 is 6.09 Å². The predicted octanol–water partition coefficient (Wildman–Crippen LogP) is 1.92. The molecule has 0 aliphatic carbocycles. The number of amides is 1. The van der Waals surface area contributed by atoms with Gasteiger partial charge >= 0.3 is 6.09 Å². The highest BCUT2D eigenvalue weighted by molar-refractivity contribution is 5.67. The van der Waals surface area contributed by atoms with E-state index in [1.807, 2.05) is 20.8 Å². The van der Waals surface area contributed by atoms with Crippen molar-refractivity contribution in [2.45, 2.75) is 32.9 Å². The highest BCUT2D eigenvalue weighted by Gasteiger charge is 2.16. The van der Waals surface area contributed by atoms with E-state index in [0.717, 1.165) is 5.69 Å². The maximum atomic E-state index is 11.4. The summed E-state index contributed by atoms with van der Waals surface area (Å²) in [6.07, 6.45) is -0.461. The average molecular weight is 235 g/mol. The Bertz CT molecular complexity index is 449. The number of carbonyl (C=O) groups excluding carboxylic acids is 1. The van der Waals surface area contributed by atoms with E-state index in [0.29, 0.717) is 12.2 Å². The zero-order valence-electron chi connectivity index (χ0n) is 10.6. The molecule has 1 N–H and O–H groups in total. The lowest BCUT2D eigenvalue weighted by molar-refractivity contribution is 0.0522. The quantitative estimate of drug-likeness (QED) is 0.851. The molecular formula is C12H17N3O2. The molecule has 92 valence electrons. The summed E-state index contributed by atoms with van der Waals surface area (Å²) in [6.45, 7) is 5.77. The van der Waals surface area contributed by atoms with Crippen LogP contribution in [0.1, 0.15) is 32.2 Å². The Morgan fingerprint density at radius 2 is 2.18 bits per heavy atom. The second kappa shape index (κ2) is 4.91. The van der Waals surface area contributed by atoms with Gasteiger partial charge in [-0.2, -0.15) is 5.26 Å². The topological polar surface area (TPSA) is 67.0 Å². The van der Waals surface area contributed by atoms with Gasteiger partial charge in [0.25, 0.3) is 0 Å². The lowest BCUT2D eigenvalue weighted by Crippen LogP contribution is -2.32. The van der Waals surface area contributed by atoms with Crippen LogP contribution in [-0.2, 0) is 18.3 Å². The molecule has 1 rings (SSSR count). The van der Waals surface area contributed by atoms with Crippen LogP contribution in [0.4, 0.5) is 4.79 Å². The van der Waals surface area contributed by atoms with E-state index in [1.165, 1.54) is 0 Å². The summed E-state index contributed by atoms with van der Waals surface area (Å²) in [4.78, 5) is 11.4. The van der Waals surface area contributed by atoms with Crippen LogP contribution in [0.25, 0.3) is 0 Å². The summed E-state index contributed by atoms with van der Waals surface area (Å²) < 4.78 is 6.84. The van der Waals surface area contributed by atoms with Crippen molar-refractivity contribution in [2.75, 3.05) is 0 Å². The fraction of sp³-hybridized carbons (Fsp3) is 0.500. The molecule has 0 unspecified atom stereocenters. The number of nitriles is 1. The van der Waals surface area contributed by atoms with Crippen LogP contribution in [0, 0.1) is 11.3 Å². The first-order chi connectivity index (χ1) is 7.83. The van der Waals surface area contributed by atoms with Crippen LogP contribution in [-0.4, -0.2) is 16.3 Å². The van der Waals surface area contributed by atoms with Gasteiger partial charge in [-0.05, 0) is 32.9 Å². The van der Waals surface area contributed by atoms with Crippen LogP contribution < -0.4 is 5.32 Å². The molecule has 1 amide bonds. The normalized spacial score (nSPS) is 10.8. The highest BCUT2D eigenvalue weighted by atomic mass is 16.6. The molecule has 1 aromatic heterocycles. The van der Waals surface area contributed by atoms with Crippen molar-refractivity contribution < 1.29 is 9.53 Å². The molecule has 0 aliphatic heterocycles. The third-order valence-electron chi connectivity index (χ3n) is 2.15. The first-order valence-corrected chi connectivity index (χ1v) is 5.35. The molecule has 0 radical (unpaired) electrons. The van der Waals surface area contributed by atoms with E-state index in [9.17, 15) is 4.79 Å². The molecule has 5 heteroatoms. The van der Waals surface area contributed by atoms with Crippen LogP contribution in [0.3, 0.4) is 0 Å². The van der Waals surface area contributed by atoms with Crippen LogP contribution in [0.15, 0.2) is 12.1 Å². The van der Waals surface area contributed by atoms with Gasteiger partial charge in [0, 0.05) is 12.7 Å². The zero-order chi connectivity index (χ0) is 13.1. The Kier molecular flexibility index (Phi) is 3.79. The van der Waals surface area contributed by atoms with Gasteiger partial charge in [-0.1, -0.05) is 0 Å². The van der Waals surface area contributed by atoms with Crippen molar-refractivity contribution in [2.24, 2.45) is 7.05 Å². The third-order valence-corrected chi connectivity index (χ3v) is 2.15. The second-order valence-electron chi connectivity index (χ2n) is 4.74. The molecule has 0 atom stereocenters. The predicted molar refractivity (Wildman–Crippen MR) is 63.2 cm³/mol. The van der Waals surface area contributed by atoms with E-state index in [1.54, 1.807) is 23.7 Å². The second-order valence-corrected chi connectivity index (χ2v) is 4.74. The number of hydrogen-bond acceptors (Lipinski definition) is 3. The van der Waals surface area contributed by atoms with Crippen molar-refractivity contribution in [3.05, 3.63) is 23.5 Å². The average Bonchev–Trinajstić information content (AvgIpc) is 2.54. The van der Waals surface area contributed by atoms with Crippen LogP contribution in [0.2, 0.25) is 0 Å². The SMILES string of the molecule is Cn1c(C#N)ccc1CNC(=O)OC(C)(C)C. The number of ether oxygens (including phenoxy) is 1. The molecule has 1 heterocycles. The van der Waals surface area contributed by atoms with Gasteiger partial charge in [-0.3, -0.25) is 0 Å². The van der Waals surface area contributed by atoms with E-state index >= 15 is 0 Å².